The Kier molecular flexibility index (Phi) is 6.45. The number of thiazole rings is 1. The summed E-state index contributed by atoms with van der Waals surface area (Å²) in [6.45, 7) is 5.66. The maximum atomic E-state index is 12.8. The van der Waals surface area contributed by atoms with Crippen LogP contribution in [0.25, 0.3) is 10.6 Å². The van der Waals surface area contributed by atoms with Crippen LogP contribution in [0, 0.1) is 0 Å². The van der Waals surface area contributed by atoms with Gasteiger partial charge in [0.05, 0.1) is 6.61 Å². The first-order chi connectivity index (χ1) is 13.1. The average molecular weight is 388 g/mol. The van der Waals surface area contributed by atoms with Crippen LogP contribution < -0.4 is 10.1 Å². The van der Waals surface area contributed by atoms with Gasteiger partial charge in [-0.25, -0.2) is 4.98 Å². The minimum atomic E-state index is -0.0705. The number of rotatable bonds is 6. The third kappa shape index (κ3) is 4.86. The molecule has 1 aliphatic heterocycles. The smallest absolute Gasteiger partial charge is 0.273 e. The lowest BCUT2D eigenvalue weighted by molar-refractivity contribution is -0.121. The Morgan fingerprint density at radius 1 is 1.30 bits per heavy atom. The summed E-state index contributed by atoms with van der Waals surface area (Å²) in [7, 11) is 0. The molecule has 1 aromatic heterocycles. The Morgan fingerprint density at radius 2 is 2.07 bits per heavy atom. The molecule has 1 fully saturated rings. The van der Waals surface area contributed by atoms with Crippen LogP contribution in [-0.2, 0) is 4.79 Å². The molecule has 1 N–H and O–H groups in total. The molecule has 0 bridgehead atoms. The van der Waals surface area contributed by atoms with E-state index in [-0.39, 0.29) is 17.9 Å². The maximum absolute atomic E-state index is 12.8. The van der Waals surface area contributed by atoms with Gasteiger partial charge in [-0.15, -0.1) is 11.3 Å². The number of amides is 2. The van der Waals surface area contributed by atoms with Gasteiger partial charge >= 0.3 is 0 Å². The molecular weight excluding hydrogens is 362 g/mol. The fraction of sp³-hybridized carbons (Fsp3) is 0.450. The fourth-order valence-electron chi connectivity index (χ4n) is 3.14. The Hall–Kier alpha value is -2.41. The highest BCUT2D eigenvalue weighted by molar-refractivity contribution is 7.13. The number of carbonyl (C=O) groups excluding carboxylic acids is 2. The predicted molar refractivity (Wildman–Crippen MR) is 106 cm³/mol. The van der Waals surface area contributed by atoms with Gasteiger partial charge in [-0.2, -0.15) is 0 Å². The minimum Gasteiger partial charge on any atom is -0.494 e. The number of ether oxygens (including phenoxy) is 1. The van der Waals surface area contributed by atoms with E-state index in [2.05, 4.69) is 10.3 Å². The van der Waals surface area contributed by atoms with Gasteiger partial charge < -0.3 is 15.0 Å². The average Bonchev–Trinajstić information content (AvgIpc) is 3.18. The van der Waals surface area contributed by atoms with Crippen molar-refractivity contribution in [2.75, 3.05) is 19.7 Å². The van der Waals surface area contributed by atoms with Crippen LogP contribution in [0.15, 0.2) is 29.6 Å². The largest absolute Gasteiger partial charge is 0.494 e. The third-order valence-corrected chi connectivity index (χ3v) is 5.42. The summed E-state index contributed by atoms with van der Waals surface area (Å²) in [5.74, 6) is 0.780. The van der Waals surface area contributed by atoms with Crippen LogP contribution in [0.5, 0.6) is 5.75 Å². The molecule has 6 nitrogen and oxygen atoms in total. The van der Waals surface area contributed by atoms with E-state index in [9.17, 15) is 9.59 Å². The molecule has 1 atom stereocenters. The zero-order valence-electron chi connectivity index (χ0n) is 15.7. The van der Waals surface area contributed by atoms with E-state index in [0.717, 1.165) is 29.2 Å². The summed E-state index contributed by atoms with van der Waals surface area (Å²) in [4.78, 5) is 30.8. The molecule has 0 saturated carbocycles. The van der Waals surface area contributed by atoms with Crippen LogP contribution >= 0.6 is 11.3 Å². The molecule has 2 aromatic rings. The summed E-state index contributed by atoms with van der Waals surface area (Å²) >= 11 is 1.46. The van der Waals surface area contributed by atoms with Gasteiger partial charge in [0.15, 0.2) is 0 Å². The van der Waals surface area contributed by atoms with Crippen molar-refractivity contribution in [3.63, 3.8) is 0 Å². The molecule has 3 rings (SSSR count). The first kappa shape index (κ1) is 19.4. The SMILES string of the molecule is CCOc1ccc(-c2nc(C(=O)N3CCCC(NC(=O)CC)C3)cs2)cc1. The van der Waals surface area contributed by atoms with E-state index in [0.29, 0.717) is 31.8 Å². The van der Waals surface area contributed by atoms with E-state index in [1.165, 1.54) is 11.3 Å². The van der Waals surface area contributed by atoms with Gasteiger partial charge in [0.1, 0.15) is 16.5 Å². The predicted octanol–water partition coefficient (Wildman–Crippen LogP) is 3.34. The number of likely N-dealkylation sites (tertiary alicyclic amines) is 1. The van der Waals surface area contributed by atoms with E-state index in [4.69, 9.17) is 4.74 Å². The Labute approximate surface area is 163 Å². The van der Waals surface area contributed by atoms with Crippen LogP contribution in [0.3, 0.4) is 0 Å². The van der Waals surface area contributed by atoms with E-state index < -0.39 is 0 Å². The van der Waals surface area contributed by atoms with Crippen LogP contribution in [0.4, 0.5) is 0 Å². The molecule has 2 heterocycles. The molecule has 144 valence electrons. The van der Waals surface area contributed by atoms with E-state index >= 15 is 0 Å². The first-order valence-electron chi connectivity index (χ1n) is 9.38. The molecule has 0 radical (unpaired) electrons. The number of nitrogens with zero attached hydrogens (tertiary/aromatic N) is 2. The number of benzene rings is 1. The molecular formula is C20H25N3O3S. The summed E-state index contributed by atoms with van der Waals surface area (Å²) in [5, 5.41) is 5.61. The summed E-state index contributed by atoms with van der Waals surface area (Å²) in [6.07, 6.45) is 2.25. The molecule has 0 aliphatic carbocycles. The van der Waals surface area contributed by atoms with Crippen molar-refractivity contribution in [1.82, 2.24) is 15.2 Å². The number of hydrogen-bond acceptors (Lipinski definition) is 5. The topological polar surface area (TPSA) is 71.5 Å². The molecule has 1 saturated heterocycles. The van der Waals surface area contributed by atoms with Crippen molar-refractivity contribution < 1.29 is 14.3 Å². The third-order valence-electron chi connectivity index (χ3n) is 4.53. The Balaban J connectivity index is 1.66. The molecule has 7 heteroatoms. The molecule has 1 aliphatic rings. The summed E-state index contributed by atoms with van der Waals surface area (Å²) in [5.41, 5.74) is 1.43. The number of piperidine rings is 1. The molecule has 1 aromatic carbocycles. The highest BCUT2D eigenvalue weighted by Gasteiger charge is 2.26. The standard InChI is InChI=1S/C20H25N3O3S/c1-3-18(24)21-15-6-5-11-23(12-15)20(25)17-13-27-19(22-17)14-7-9-16(10-8-14)26-4-2/h7-10,13,15H,3-6,11-12H2,1-2H3,(H,21,24). The molecule has 27 heavy (non-hydrogen) atoms. The Bertz CT molecular complexity index is 788. The second-order valence-corrected chi connectivity index (χ2v) is 7.36. The van der Waals surface area contributed by atoms with Crippen LogP contribution in [0.1, 0.15) is 43.6 Å². The summed E-state index contributed by atoms with van der Waals surface area (Å²) in [6, 6.07) is 7.75. The number of carbonyl (C=O) groups is 2. The van der Waals surface area contributed by atoms with Gasteiger partial charge in [-0.1, -0.05) is 6.92 Å². The highest BCUT2D eigenvalue weighted by atomic mass is 32.1. The number of hydrogen-bond donors (Lipinski definition) is 1. The normalized spacial score (nSPS) is 16.8. The van der Waals surface area contributed by atoms with Crippen LogP contribution in [0.2, 0.25) is 0 Å². The van der Waals surface area contributed by atoms with Gasteiger partial charge in [0.25, 0.3) is 5.91 Å². The van der Waals surface area contributed by atoms with Crippen molar-refractivity contribution >= 4 is 23.2 Å². The van der Waals surface area contributed by atoms with Crippen LogP contribution in [-0.4, -0.2) is 47.4 Å². The lowest BCUT2D eigenvalue weighted by atomic mass is 10.1. The van der Waals surface area contributed by atoms with Gasteiger partial charge in [0.2, 0.25) is 5.91 Å². The molecule has 2 amide bonds. The summed E-state index contributed by atoms with van der Waals surface area (Å²) < 4.78 is 5.46. The quantitative estimate of drug-likeness (QED) is 0.825. The fourth-order valence-corrected chi connectivity index (χ4v) is 3.94. The number of aromatic nitrogens is 1. The van der Waals surface area contributed by atoms with Crippen molar-refractivity contribution in [3.8, 4) is 16.3 Å². The van der Waals surface area contributed by atoms with Gasteiger partial charge in [-0.3, -0.25) is 9.59 Å². The number of nitrogens with one attached hydrogen (secondary N) is 1. The van der Waals surface area contributed by atoms with Crippen molar-refractivity contribution in [2.45, 2.75) is 39.2 Å². The highest BCUT2D eigenvalue weighted by Crippen LogP contribution is 2.26. The van der Waals surface area contributed by atoms with Crippen molar-refractivity contribution in [1.29, 1.82) is 0 Å². The molecule has 0 spiro atoms. The van der Waals surface area contributed by atoms with E-state index in [1.54, 1.807) is 4.90 Å². The lowest BCUT2D eigenvalue weighted by Gasteiger charge is -2.32. The van der Waals surface area contributed by atoms with E-state index in [1.807, 2.05) is 43.5 Å². The maximum Gasteiger partial charge on any atom is 0.273 e. The lowest BCUT2D eigenvalue weighted by Crippen LogP contribution is -2.49. The molecule has 1 unspecified atom stereocenters. The zero-order valence-corrected chi connectivity index (χ0v) is 16.6. The monoisotopic (exact) mass is 387 g/mol. The van der Waals surface area contributed by atoms with Crippen molar-refractivity contribution in [3.05, 3.63) is 35.3 Å². The second-order valence-electron chi connectivity index (χ2n) is 6.51. The zero-order chi connectivity index (χ0) is 19.2. The van der Waals surface area contributed by atoms with Gasteiger partial charge in [-0.05, 0) is 44.0 Å². The Morgan fingerprint density at radius 3 is 2.78 bits per heavy atom. The van der Waals surface area contributed by atoms with Crippen molar-refractivity contribution in [2.24, 2.45) is 0 Å². The first-order valence-corrected chi connectivity index (χ1v) is 10.3. The minimum absolute atomic E-state index is 0.0272. The second kappa shape index (κ2) is 8.99. The van der Waals surface area contributed by atoms with Gasteiger partial charge in [0, 0.05) is 36.5 Å².